The fourth-order valence-corrected chi connectivity index (χ4v) is 7.01. The van der Waals surface area contributed by atoms with E-state index in [1.165, 1.54) is 22.7 Å². The van der Waals surface area contributed by atoms with E-state index in [1.807, 2.05) is 18.2 Å². The lowest BCUT2D eigenvalue weighted by Gasteiger charge is -2.22. The van der Waals surface area contributed by atoms with E-state index < -0.39 is 5.92 Å². The van der Waals surface area contributed by atoms with Crippen molar-refractivity contribution in [1.29, 1.82) is 0 Å². The van der Waals surface area contributed by atoms with Gasteiger partial charge in [-0.3, -0.25) is 19.4 Å². The molecular formula is C26H32ClN7O3S2. The van der Waals surface area contributed by atoms with Gasteiger partial charge in [-0.2, -0.15) is 0 Å². The number of likely N-dealkylation sites (tertiary alicyclic amines) is 1. The molecule has 1 saturated heterocycles. The highest BCUT2D eigenvalue weighted by molar-refractivity contribution is 7.20. The zero-order valence-corrected chi connectivity index (χ0v) is 24.0. The Balaban J connectivity index is 1.45. The number of guanidine groups is 1. The lowest BCUT2D eigenvalue weighted by molar-refractivity contribution is -0.124. The molecule has 3 aromatic rings. The fourth-order valence-electron chi connectivity index (χ4n) is 4.74. The number of aromatic nitrogens is 1. The van der Waals surface area contributed by atoms with Crippen LogP contribution in [0.15, 0.2) is 34.6 Å². The molecular weight excluding hydrogens is 558 g/mol. The Morgan fingerprint density at radius 1 is 1.28 bits per heavy atom. The number of hydrogen-bond acceptors (Lipinski definition) is 8. The summed E-state index contributed by atoms with van der Waals surface area (Å²) in [5.41, 5.74) is 17.3. The first-order chi connectivity index (χ1) is 18.7. The summed E-state index contributed by atoms with van der Waals surface area (Å²) >= 11 is 9.04. The number of thiazole rings is 1. The fraction of sp³-hybridized carbons (Fsp3) is 0.423. The standard InChI is InChI=1S/C26H32ClN7O3S2/c1-31-23(36)14(5-2-3-8-32-26(29)30)9-20(35)18-13-38-24(33-18)19-10-15(28)12-34(19)25(37)22-11-16-17(27)6-4-7-21(16)39-22/h4,6-7,11,13-15,19H,2-3,5,8-10,12,28H2,1H3,(H,31,36)(H4,29,30,32)/t14-,15-,19+/m1/s1. The van der Waals surface area contributed by atoms with Crippen LogP contribution in [0.5, 0.6) is 0 Å². The van der Waals surface area contributed by atoms with Gasteiger partial charge in [-0.15, -0.1) is 22.7 Å². The zero-order valence-electron chi connectivity index (χ0n) is 21.6. The van der Waals surface area contributed by atoms with E-state index in [2.05, 4.69) is 15.3 Å². The first-order valence-corrected chi connectivity index (χ1v) is 14.8. The normalized spacial score (nSPS) is 17.8. The number of ketones is 1. The first kappa shape index (κ1) is 28.9. The second kappa shape index (κ2) is 12.9. The summed E-state index contributed by atoms with van der Waals surface area (Å²) in [4.78, 5) is 49.9. The van der Waals surface area contributed by atoms with Crippen LogP contribution in [0.25, 0.3) is 10.1 Å². The molecule has 208 valence electrons. The van der Waals surface area contributed by atoms with E-state index >= 15 is 0 Å². The van der Waals surface area contributed by atoms with E-state index in [0.29, 0.717) is 59.4 Å². The molecule has 39 heavy (non-hydrogen) atoms. The van der Waals surface area contributed by atoms with Crippen LogP contribution in [0.1, 0.15) is 63.3 Å². The van der Waals surface area contributed by atoms with Crippen molar-refractivity contribution in [3.8, 4) is 0 Å². The highest BCUT2D eigenvalue weighted by Gasteiger charge is 2.37. The number of nitrogens with zero attached hydrogens (tertiary/aromatic N) is 3. The average molecular weight is 590 g/mol. The molecule has 0 spiro atoms. The monoisotopic (exact) mass is 589 g/mol. The topological polar surface area (TPSA) is 170 Å². The molecule has 2 aromatic heterocycles. The summed E-state index contributed by atoms with van der Waals surface area (Å²) in [6.07, 6.45) is 2.53. The first-order valence-electron chi connectivity index (χ1n) is 12.7. The van der Waals surface area contributed by atoms with Gasteiger partial charge in [0.05, 0.1) is 10.9 Å². The minimum absolute atomic E-state index is 0.0315. The van der Waals surface area contributed by atoms with Crippen LogP contribution in [0.3, 0.4) is 0 Å². The van der Waals surface area contributed by atoms with Gasteiger partial charge in [0, 0.05) is 59.0 Å². The number of aliphatic imine (C=N–C) groups is 1. The van der Waals surface area contributed by atoms with Crippen molar-refractivity contribution in [2.75, 3.05) is 20.1 Å². The lowest BCUT2D eigenvalue weighted by atomic mass is 9.94. The molecule has 0 aliphatic carbocycles. The van der Waals surface area contributed by atoms with Gasteiger partial charge in [0.1, 0.15) is 10.7 Å². The van der Waals surface area contributed by atoms with Gasteiger partial charge in [-0.05, 0) is 37.5 Å². The predicted octanol–water partition coefficient (Wildman–Crippen LogP) is 3.30. The number of carbonyl (C=O) groups is 3. The molecule has 0 bridgehead atoms. The van der Waals surface area contributed by atoms with Gasteiger partial charge >= 0.3 is 0 Å². The van der Waals surface area contributed by atoms with Gasteiger partial charge in [0.2, 0.25) is 5.91 Å². The van der Waals surface area contributed by atoms with Crippen LogP contribution in [0, 0.1) is 5.92 Å². The number of unbranched alkanes of at least 4 members (excludes halogenated alkanes) is 1. The number of rotatable bonds is 11. The molecule has 3 atom stereocenters. The maximum absolute atomic E-state index is 13.5. The van der Waals surface area contributed by atoms with E-state index in [0.717, 1.165) is 10.1 Å². The van der Waals surface area contributed by atoms with E-state index in [-0.39, 0.29) is 42.1 Å². The highest BCUT2D eigenvalue weighted by atomic mass is 35.5. The SMILES string of the molecule is CNC(=O)[C@H](CCCCN=C(N)N)CC(=O)c1csc([C@@H]2C[C@@H](N)CN2C(=O)c2cc3c(Cl)cccc3s2)n1. The number of nitrogens with two attached hydrogens (primary N) is 3. The van der Waals surface area contributed by atoms with Crippen molar-refractivity contribution in [2.24, 2.45) is 28.1 Å². The van der Waals surface area contributed by atoms with Crippen molar-refractivity contribution in [1.82, 2.24) is 15.2 Å². The second-order valence-corrected chi connectivity index (χ2v) is 11.9. The van der Waals surface area contributed by atoms with Gasteiger partial charge in [-0.1, -0.05) is 24.1 Å². The predicted molar refractivity (Wildman–Crippen MR) is 156 cm³/mol. The molecule has 1 fully saturated rings. The summed E-state index contributed by atoms with van der Waals surface area (Å²) < 4.78 is 0.940. The van der Waals surface area contributed by atoms with Crippen molar-refractivity contribution < 1.29 is 14.4 Å². The second-order valence-electron chi connectivity index (χ2n) is 9.54. The van der Waals surface area contributed by atoms with Crippen LogP contribution in [-0.2, 0) is 4.79 Å². The van der Waals surface area contributed by atoms with Crippen molar-refractivity contribution in [2.45, 2.75) is 44.2 Å². The Morgan fingerprint density at radius 2 is 2.08 bits per heavy atom. The number of Topliss-reactive ketones (excluding diaryl/α,β-unsaturated/α-hetero) is 1. The molecule has 0 radical (unpaired) electrons. The number of hydrogen-bond donors (Lipinski definition) is 4. The van der Waals surface area contributed by atoms with E-state index in [4.69, 9.17) is 28.8 Å². The van der Waals surface area contributed by atoms with Gasteiger partial charge in [-0.25, -0.2) is 4.98 Å². The molecule has 1 aromatic carbocycles. The molecule has 2 amide bonds. The number of amides is 2. The number of halogens is 1. The smallest absolute Gasteiger partial charge is 0.264 e. The molecule has 1 aliphatic rings. The molecule has 10 nitrogen and oxygen atoms in total. The van der Waals surface area contributed by atoms with E-state index in [1.54, 1.807) is 23.4 Å². The Bertz CT molecular complexity index is 1380. The lowest BCUT2D eigenvalue weighted by Crippen LogP contribution is -2.32. The molecule has 7 N–H and O–H groups in total. The van der Waals surface area contributed by atoms with Crippen molar-refractivity contribution >= 4 is 67.9 Å². The van der Waals surface area contributed by atoms with Crippen LogP contribution >= 0.6 is 34.3 Å². The number of carbonyl (C=O) groups excluding carboxylic acids is 3. The molecule has 0 unspecified atom stereocenters. The quantitative estimate of drug-likeness (QED) is 0.115. The number of benzene rings is 1. The van der Waals surface area contributed by atoms with Crippen molar-refractivity contribution in [3.63, 3.8) is 0 Å². The minimum atomic E-state index is -0.482. The Kier molecular flexibility index (Phi) is 9.54. The van der Waals surface area contributed by atoms with Gasteiger partial charge in [0.15, 0.2) is 11.7 Å². The summed E-state index contributed by atoms with van der Waals surface area (Å²) in [5.74, 6) is -0.986. The molecule has 4 rings (SSSR count). The highest BCUT2D eigenvalue weighted by Crippen LogP contribution is 2.38. The molecule has 3 heterocycles. The van der Waals surface area contributed by atoms with Crippen LogP contribution in [0.4, 0.5) is 0 Å². The Morgan fingerprint density at radius 3 is 2.79 bits per heavy atom. The third kappa shape index (κ3) is 6.93. The third-order valence-corrected chi connectivity index (χ3v) is 9.07. The zero-order chi connectivity index (χ0) is 28.1. The van der Waals surface area contributed by atoms with Crippen molar-refractivity contribution in [3.05, 3.63) is 50.2 Å². The van der Waals surface area contributed by atoms with Crippen LogP contribution in [-0.4, -0.2) is 59.6 Å². The number of thiophene rings is 1. The molecule has 0 saturated carbocycles. The maximum Gasteiger partial charge on any atom is 0.264 e. The van der Waals surface area contributed by atoms with Crippen LogP contribution in [0.2, 0.25) is 5.02 Å². The summed E-state index contributed by atoms with van der Waals surface area (Å²) in [6, 6.07) is 6.89. The third-order valence-electron chi connectivity index (χ3n) is 6.71. The number of nitrogens with one attached hydrogen (secondary N) is 1. The molecule has 1 aliphatic heterocycles. The minimum Gasteiger partial charge on any atom is -0.370 e. The van der Waals surface area contributed by atoms with Crippen LogP contribution < -0.4 is 22.5 Å². The summed E-state index contributed by atoms with van der Waals surface area (Å²) in [7, 11) is 1.56. The van der Waals surface area contributed by atoms with Gasteiger partial charge < -0.3 is 27.4 Å². The number of fused-ring (bicyclic) bond motifs is 1. The molecule has 13 heteroatoms. The van der Waals surface area contributed by atoms with Gasteiger partial charge in [0.25, 0.3) is 5.91 Å². The largest absolute Gasteiger partial charge is 0.370 e. The Labute approximate surface area is 239 Å². The summed E-state index contributed by atoms with van der Waals surface area (Å²) in [6.45, 7) is 0.867. The maximum atomic E-state index is 13.5. The average Bonchev–Trinajstić information content (AvgIpc) is 3.65. The van der Waals surface area contributed by atoms with E-state index in [9.17, 15) is 14.4 Å². The Hall–Kier alpha value is -3.06. The summed E-state index contributed by atoms with van der Waals surface area (Å²) in [5, 5.41) is 6.44.